The van der Waals surface area contributed by atoms with Crippen LogP contribution in [-0.4, -0.2) is 12.2 Å². The van der Waals surface area contributed by atoms with E-state index >= 15 is 0 Å². The molecule has 0 spiro atoms. The average molecular weight is 395 g/mol. The number of rotatable bonds is 4. The Morgan fingerprint density at radius 3 is 1.75 bits per heavy atom. The molecule has 1 heterocycles. The smallest absolute Gasteiger partial charge is 0.316 e. The van der Waals surface area contributed by atoms with Gasteiger partial charge in [0.2, 0.25) is 0 Å². The van der Waals surface area contributed by atoms with Crippen molar-refractivity contribution < 1.29 is 13.5 Å². The van der Waals surface area contributed by atoms with Crippen LogP contribution < -0.4 is 0 Å². The lowest BCUT2D eigenvalue weighted by atomic mass is 9.64. The van der Waals surface area contributed by atoms with Crippen molar-refractivity contribution in [2.24, 2.45) is 41.4 Å². The lowest BCUT2D eigenvalue weighted by Crippen LogP contribution is -2.61. The fourth-order valence-corrected chi connectivity index (χ4v) is 7.06. The Kier molecular flexibility index (Phi) is 6.50. The van der Waals surface area contributed by atoms with Crippen LogP contribution >= 0.6 is 0 Å². The zero-order valence-corrected chi connectivity index (χ0v) is 17.9. The molecule has 160 valence electrons. The maximum absolute atomic E-state index is 14.4. The van der Waals surface area contributed by atoms with Gasteiger partial charge in [-0.2, -0.15) is 8.78 Å². The molecule has 0 N–H and O–H groups in total. The van der Waals surface area contributed by atoms with Crippen molar-refractivity contribution in [1.29, 1.82) is 0 Å². The van der Waals surface area contributed by atoms with Crippen LogP contribution in [0.4, 0.5) is 8.78 Å². The second-order valence-electron chi connectivity index (χ2n) is 10.6. The molecule has 3 heteroatoms. The van der Waals surface area contributed by atoms with Crippen molar-refractivity contribution in [2.45, 2.75) is 103 Å². The Balaban J connectivity index is 1.30. The van der Waals surface area contributed by atoms with Crippen molar-refractivity contribution in [1.82, 2.24) is 0 Å². The first-order valence-corrected chi connectivity index (χ1v) is 12.2. The van der Waals surface area contributed by atoms with Gasteiger partial charge in [0, 0.05) is 0 Å². The first-order valence-electron chi connectivity index (χ1n) is 12.2. The molecule has 4 aliphatic rings. The van der Waals surface area contributed by atoms with Crippen molar-refractivity contribution in [3.63, 3.8) is 0 Å². The number of hydrogen-bond donors (Lipinski definition) is 0. The van der Waals surface area contributed by atoms with Gasteiger partial charge in [-0.3, -0.25) is 0 Å². The summed E-state index contributed by atoms with van der Waals surface area (Å²) < 4.78 is 34.1. The fraction of sp³-hybridized carbons (Fsp3) is 0.920. The summed E-state index contributed by atoms with van der Waals surface area (Å²) in [6, 6.07) is 0. The van der Waals surface area contributed by atoms with E-state index in [2.05, 4.69) is 26.0 Å². The molecule has 4 rings (SSSR count). The maximum atomic E-state index is 14.4. The lowest BCUT2D eigenvalue weighted by molar-refractivity contribution is -0.418. The predicted molar refractivity (Wildman–Crippen MR) is 110 cm³/mol. The summed E-state index contributed by atoms with van der Waals surface area (Å²) >= 11 is 0. The van der Waals surface area contributed by atoms with E-state index in [9.17, 15) is 8.78 Å². The molecule has 3 saturated carbocycles. The lowest BCUT2D eigenvalue weighted by Gasteiger charge is -2.53. The molecule has 0 aromatic heterocycles. The molecule has 1 nitrogen and oxygen atoms in total. The summed E-state index contributed by atoms with van der Waals surface area (Å²) in [5.74, 6) is 3.27. The van der Waals surface area contributed by atoms with E-state index in [1.54, 1.807) is 0 Å². The maximum Gasteiger partial charge on any atom is 0.361 e. The summed E-state index contributed by atoms with van der Waals surface area (Å²) in [7, 11) is 0. The minimum atomic E-state index is -2.88. The predicted octanol–water partition coefficient (Wildman–Crippen LogP) is 7.61. The first kappa shape index (κ1) is 20.8. The second-order valence-corrected chi connectivity index (χ2v) is 10.6. The first-order chi connectivity index (χ1) is 13.5. The summed E-state index contributed by atoms with van der Waals surface area (Å²) in [5, 5.41) is 0. The molecule has 4 fully saturated rings. The SMILES string of the molecule is CC=CC1CCC([C@H]2[C@H](C3CCC(C4CCC(C)CC4)CC3)OC2(F)F)CC1. The van der Waals surface area contributed by atoms with Crippen molar-refractivity contribution in [3.8, 4) is 0 Å². The molecule has 1 saturated heterocycles. The zero-order chi connectivity index (χ0) is 19.7. The van der Waals surface area contributed by atoms with Gasteiger partial charge in [-0.25, -0.2) is 0 Å². The summed E-state index contributed by atoms with van der Waals surface area (Å²) in [6.07, 6.45) is 15.6. The molecule has 0 bridgehead atoms. The molecule has 0 radical (unpaired) electrons. The van der Waals surface area contributed by atoms with Crippen LogP contribution in [0.15, 0.2) is 12.2 Å². The minimum Gasteiger partial charge on any atom is -0.316 e. The van der Waals surface area contributed by atoms with Crippen LogP contribution in [-0.2, 0) is 4.74 Å². The Bertz CT molecular complexity index is 521. The monoisotopic (exact) mass is 394 g/mol. The van der Waals surface area contributed by atoms with E-state index in [1.807, 2.05) is 0 Å². The van der Waals surface area contributed by atoms with Crippen LogP contribution in [0.5, 0.6) is 0 Å². The molecular weight excluding hydrogens is 354 g/mol. The number of halogens is 2. The molecule has 0 unspecified atom stereocenters. The van der Waals surface area contributed by atoms with Crippen LogP contribution in [0.1, 0.15) is 90.9 Å². The quantitative estimate of drug-likeness (QED) is 0.446. The molecule has 0 amide bonds. The van der Waals surface area contributed by atoms with Gasteiger partial charge in [0.25, 0.3) is 0 Å². The highest BCUT2D eigenvalue weighted by molar-refractivity contribution is 5.00. The zero-order valence-electron chi connectivity index (χ0n) is 17.9. The highest BCUT2D eigenvalue weighted by Gasteiger charge is 2.62. The Morgan fingerprint density at radius 1 is 0.714 bits per heavy atom. The third kappa shape index (κ3) is 4.35. The Hall–Kier alpha value is -0.440. The topological polar surface area (TPSA) is 9.23 Å². The molecule has 0 aromatic carbocycles. The highest BCUT2D eigenvalue weighted by atomic mass is 19.3. The van der Waals surface area contributed by atoms with E-state index in [0.29, 0.717) is 11.8 Å². The normalized spacial score (nSPS) is 47.0. The molecule has 0 aromatic rings. The average Bonchev–Trinajstić information content (AvgIpc) is 2.69. The van der Waals surface area contributed by atoms with Gasteiger partial charge in [0.05, 0.1) is 12.0 Å². The third-order valence-corrected chi connectivity index (χ3v) is 8.83. The number of hydrogen-bond acceptors (Lipinski definition) is 1. The fourth-order valence-electron chi connectivity index (χ4n) is 7.06. The van der Waals surface area contributed by atoms with Gasteiger partial charge in [0.15, 0.2) is 0 Å². The summed E-state index contributed by atoms with van der Waals surface area (Å²) in [5.41, 5.74) is 0. The van der Waals surface area contributed by atoms with E-state index in [0.717, 1.165) is 56.3 Å². The van der Waals surface area contributed by atoms with Gasteiger partial charge in [0.1, 0.15) is 0 Å². The Labute approximate surface area is 170 Å². The minimum absolute atomic E-state index is 0.160. The van der Waals surface area contributed by atoms with Crippen LogP contribution in [0.3, 0.4) is 0 Å². The third-order valence-electron chi connectivity index (χ3n) is 8.83. The van der Waals surface area contributed by atoms with Crippen molar-refractivity contribution in [3.05, 3.63) is 12.2 Å². The van der Waals surface area contributed by atoms with Gasteiger partial charge in [-0.15, -0.1) is 0 Å². The van der Waals surface area contributed by atoms with Crippen LogP contribution in [0.2, 0.25) is 0 Å². The second kappa shape index (κ2) is 8.74. The Morgan fingerprint density at radius 2 is 1.21 bits per heavy atom. The van der Waals surface area contributed by atoms with E-state index < -0.39 is 12.0 Å². The van der Waals surface area contributed by atoms with E-state index in [-0.39, 0.29) is 12.0 Å². The largest absolute Gasteiger partial charge is 0.361 e. The number of allylic oxidation sites excluding steroid dienone is 2. The van der Waals surface area contributed by atoms with Gasteiger partial charge in [-0.05, 0) is 107 Å². The highest BCUT2D eigenvalue weighted by Crippen LogP contribution is 2.55. The van der Waals surface area contributed by atoms with E-state index in [4.69, 9.17) is 4.74 Å². The molecule has 1 aliphatic heterocycles. The molecule has 28 heavy (non-hydrogen) atoms. The van der Waals surface area contributed by atoms with Crippen LogP contribution in [0, 0.1) is 41.4 Å². The van der Waals surface area contributed by atoms with Gasteiger partial charge in [-0.1, -0.05) is 31.9 Å². The van der Waals surface area contributed by atoms with E-state index in [1.165, 1.54) is 38.5 Å². The number of ether oxygens (including phenoxy) is 1. The number of alkyl halides is 2. The summed E-state index contributed by atoms with van der Waals surface area (Å²) in [4.78, 5) is 0. The van der Waals surface area contributed by atoms with Crippen LogP contribution in [0.25, 0.3) is 0 Å². The van der Waals surface area contributed by atoms with Crippen molar-refractivity contribution in [2.75, 3.05) is 0 Å². The van der Waals surface area contributed by atoms with Gasteiger partial charge >= 0.3 is 6.11 Å². The van der Waals surface area contributed by atoms with Crippen molar-refractivity contribution >= 4 is 0 Å². The van der Waals surface area contributed by atoms with Gasteiger partial charge < -0.3 is 4.74 Å². The standard InChI is InChI=1S/C25H40F2O/c1-3-4-18-7-11-21(12-8-18)23-24(28-25(23,26)27)22-15-13-20(14-16-22)19-9-5-17(2)6-10-19/h3-4,17-24H,5-16H2,1-2H3/t17?,18?,19?,20?,21?,22?,23-,24-/m0/s1. The molecule has 3 aliphatic carbocycles. The summed E-state index contributed by atoms with van der Waals surface area (Å²) in [6.45, 7) is 4.44. The molecule has 2 atom stereocenters. The molecular formula is C25H40F2O.